The lowest BCUT2D eigenvalue weighted by atomic mass is 10.2. The number of hydrogen-bond acceptors (Lipinski definition) is 5. The Labute approximate surface area is 151 Å². The zero-order chi connectivity index (χ0) is 18.6. The van der Waals surface area contributed by atoms with Gasteiger partial charge in [0.1, 0.15) is 5.25 Å². The second-order valence-electron chi connectivity index (χ2n) is 5.82. The molecular formula is C19H18N2O4S. The first-order valence-corrected chi connectivity index (χ1v) is 9.55. The molecule has 0 bridgehead atoms. The van der Waals surface area contributed by atoms with E-state index in [0.29, 0.717) is 5.56 Å². The van der Waals surface area contributed by atoms with Gasteiger partial charge < -0.3 is 9.73 Å². The Morgan fingerprint density at radius 1 is 1.15 bits per heavy atom. The number of amides is 1. The fraction of sp³-hybridized carbons (Fsp3) is 0.158. The van der Waals surface area contributed by atoms with Crippen LogP contribution in [0.4, 0.5) is 0 Å². The van der Waals surface area contributed by atoms with Crippen LogP contribution < -0.4 is 5.32 Å². The highest BCUT2D eigenvalue weighted by Gasteiger charge is 2.30. The number of hydrogen-bond donors (Lipinski definition) is 1. The Bertz CT molecular complexity index is 966. The second kappa shape index (κ2) is 7.53. The lowest BCUT2D eigenvalue weighted by molar-refractivity contribution is 0.0926. The number of nitrogens with one attached hydrogen (secondary N) is 1. The fourth-order valence-electron chi connectivity index (χ4n) is 2.55. The molecule has 0 aliphatic rings. The van der Waals surface area contributed by atoms with E-state index in [4.69, 9.17) is 4.42 Å². The molecule has 1 amide bonds. The molecule has 0 unspecified atom stereocenters. The predicted octanol–water partition coefficient (Wildman–Crippen LogP) is 2.93. The van der Waals surface area contributed by atoms with Crippen LogP contribution in [0.25, 0.3) is 0 Å². The number of sulfone groups is 1. The molecule has 134 valence electrons. The predicted molar refractivity (Wildman–Crippen MR) is 96.4 cm³/mol. The summed E-state index contributed by atoms with van der Waals surface area (Å²) >= 11 is 0. The molecule has 26 heavy (non-hydrogen) atoms. The topological polar surface area (TPSA) is 89.3 Å². The van der Waals surface area contributed by atoms with Gasteiger partial charge in [0, 0.05) is 18.9 Å². The summed E-state index contributed by atoms with van der Waals surface area (Å²) in [4.78, 5) is 16.3. The second-order valence-corrected chi connectivity index (χ2v) is 7.95. The van der Waals surface area contributed by atoms with Gasteiger partial charge >= 0.3 is 0 Å². The average Bonchev–Trinajstić information content (AvgIpc) is 3.17. The molecule has 0 fully saturated rings. The van der Waals surface area contributed by atoms with Crippen LogP contribution in [0.2, 0.25) is 0 Å². The van der Waals surface area contributed by atoms with Crippen molar-refractivity contribution in [2.75, 3.05) is 6.54 Å². The average molecular weight is 370 g/mol. The lowest BCUT2D eigenvalue weighted by Gasteiger charge is -2.18. The van der Waals surface area contributed by atoms with Gasteiger partial charge in [-0.3, -0.25) is 9.78 Å². The lowest BCUT2D eigenvalue weighted by Crippen LogP contribution is -2.31. The summed E-state index contributed by atoms with van der Waals surface area (Å²) in [6.45, 7) is 1.79. The van der Waals surface area contributed by atoms with Crippen molar-refractivity contribution in [1.82, 2.24) is 10.3 Å². The molecule has 7 heteroatoms. The van der Waals surface area contributed by atoms with E-state index in [9.17, 15) is 13.2 Å². The van der Waals surface area contributed by atoms with Gasteiger partial charge in [-0.2, -0.15) is 0 Å². The summed E-state index contributed by atoms with van der Waals surface area (Å²) in [7, 11) is -3.72. The molecule has 6 nitrogen and oxygen atoms in total. The molecule has 0 aliphatic heterocycles. The summed E-state index contributed by atoms with van der Waals surface area (Å²) < 4.78 is 31.3. The third-order valence-corrected chi connectivity index (χ3v) is 6.09. The van der Waals surface area contributed by atoms with Crippen LogP contribution in [0.15, 0.2) is 76.5 Å². The van der Waals surface area contributed by atoms with Gasteiger partial charge in [0.2, 0.25) is 0 Å². The number of pyridine rings is 1. The maximum atomic E-state index is 13.1. The first kappa shape index (κ1) is 17.9. The van der Waals surface area contributed by atoms with Crippen LogP contribution >= 0.6 is 0 Å². The molecule has 1 aromatic carbocycles. The molecule has 2 heterocycles. The van der Waals surface area contributed by atoms with Crippen LogP contribution in [-0.4, -0.2) is 25.9 Å². The number of furan rings is 1. The summed E-state index contributed by atoms with van der Waals surface area (Å²) in [6, 6.07) is 13.1. The smallest absolute Gasteiger partial charge is 0.287 e. The summed E-state index contributed by atoms with van der Waals surface area (Å²) in [6.07, 6.45) is 4.45. The molecule has 0 spiro atoms. The van der Waals surface area contributed by atoms with E-state index in [0.717, 1.165) is 5.56 Å². The normalized spacial score (nSPS) is 12.5. The van der Waals surface area contributed by atoms with E-state index in [2.05, 4.69) is 10.3 Å². The third kappa shape index (κ3) is 3.83. The zero-order valence-electron chi connectivity index (χ0n) is 14.1. The van der Waals surface area contributed by atoms with E-state index in [-0.39, 0.29) is 17.2 Å². The molecule has 2 aromatic heterocycles. The van der Waals surface area contributed by atoms with Crippen molar-refractivity contribution in [3.63, 3.8) is 0 Å². The Balaban J connectivity index is 1.91. The zero-order valence-corrected chi connectivity index (χ0v) is 14.9. The minimum atomic E-state index is -3.72. The highest BCUT2D eigenvalue weighted by molar-refractivity contribution is 7.91. The van der Waals surface area contributed by atoms with Crippen molar-refractivity contribution in [3.05, 3.63) is 84.1 Å². The highest BCUT2D eigenvalue weighted by Crippen LogP contribution is 2.28. The SMILES string of the molecule is Cc1ccc(S(=O)(=O)[C@@H](CNC(=O)c2ccco2)c2cccnc2)cc1. The van der Waals surface area contributed by atoms with Crippen LogP contribution in [0, 0.1) is 6.92 Å². The Morgan fingerprint density at radius 3 is 2.54 bits per heavy atom. The molecule has 0 saturated heterocycles. The molecule has 1 N–H and O–H groups in total. The molecule has 3 aromatic rings. The van der Waals surface area contributed by atoms with Crippen molar-refractivity contribution in [1.29, 1.82) is 0 Å². The number of aryl methyl sites for hydroxylation is 1. The van der Waals surface area contributed by atoms with Crippen LogP contribution in [0.5, 0.6) is 0 Å². The van der Waals surface area contributed by atoms with Crippen molar-refractivity contribution < 1.29 is 17.6 Å². The van der Waals surface area contributed by atoms with E-state index in [1.54, 1.807) is 48.7 Å². The van der Waals surface area contributed by atoms with E-state index >= 15 is 0 Å². The highest BCUT2D eigenvalue weighted by atomic mass is 32.2. The van der Waals surface area contributed by atoms with Gasteiger partial charge in [0.05, 0.1) is 11.2 Å². The number of benzene rings is 1. The van der Waals surface area contributed by atoms with Crippen molar-refractivity contribution in [3.8, 4) is 0 Å². The van der Waals surface area contributed by atoms with Crippen molar-refractivity contribution in [2.45, 2.75) is 17.1 Å². The van der Waals surface area contributed by atoms with E-state index < -0.39 is 21.0 Å². The third-order valence-electron chi connectivity index (χ3n) is 3.97. The Morgan fingerprint density at radius 2 is 1.92 bits per heavy atom. The molecule has 3 rings (SSSR count). The van der Waals surface area contributed by atoms with Gasteiger partial charge in [-0.05, 0) is 42.8 Å². The van der Waals surface area contributed by atoms with E-state index in [1.165, 1.54) is 18.5 Å². The van der Waals surface area contributed by atoms with Gasteiger partial charge in [0.25, 0.3) is 5.91 Å². The Kier molecular flexibility index (Phi) is 5.18. The quantitative estimate of drug-likeness (QED) is 0.721. The first-order chi connectivity index (χ1) is 12.5. The van der Waals surface area contributed by atoms with Gasteiger partial charge in [0.15, 0.2) is 15.6 Å². The standard InChI is InChI=1S/C19H18N2O4S/c1-14-6-8-16(9-7-14)26(23,24)18(15-4-2-10-20-12-15)13-21-19(22)17-5-3-11-25-17/h2-12,18H,13H2,1H3,(H,21,22)/t18-/m0/s1. The molecule has 0 radical (unpaired) electrons. The minimum Gasteiger partial charge on any atom is -0.459 e. The van der Waals surface area contributed by atoms with E-state index in [1.807, 2.05) is 6.92 Å². The maximum absolute atomic E-state index is 13.1. The van der Waals surface area contributed by atoms with Gasteiger partial charge in [-0.15, -0.1) is 0 Å². The molecule has 1 atom stereocenters. The van der Waals surface area contributed by atoms with Crippen LogP contribution in [0.3, 0.4) is 0 Å². The Hall–Kier alpha value is -2.93. The van der Waals surface area contributed by atoms with Crippen molar-refractivity contribution >= 4 is 15.7 Å². The van der Waals surface area contributed by atoms with Gasteiger partial charge in [-0.1, -0.05) is 23.8 Å². The number of aromatic nitrogens is 1. The largest absolute Gasteiger partial charge is 0.459 e. The van der Waals surface area contributed by atoms with Crippen LogP contribution in [-0.2, 0) is 9.84 Å². The molecule has 0 aliphatic carbocycles. The summed E-state index contributed by atoms with van der Waals surface area (Å²) in [5.41, 5.74) is 1.47. The first-order valence-electron chi connectivity index (χ1n) is 8.00. The summed E-state index contributed by atoms with van der Waals surface area (Å²) in [5.74, 6) is -0.342. The number of rotatable bonds is 6. The molecular weight excluding hydrogens is 352 g/mol. The fourth-order valence-corrected chi connectivity index (χ4v) is 4.19. The maximum Gasteiger partial charge on any atom is 0.287 e. The number of nitrogens with zero attached hydrogens (tertiary/aromatic N) is 1. The van der Waals surface area contributed by atoms with Crippen molar-refractivity contribution in [2.24, 2.45) is 0 Å². The van der Waals surface area contributed by atoms with Gasteiger partial charge in [-0.25, -0.2) is 8.42 Å². The minimum absolute atomic E-state index is 0.0958. The number of carbonyl (C=O) groups excluding carboxylic acids is 1. The monoisotopic (exact) mass is 370 g/mol. The van der Waals surface area contributed by atoms with Crippen LogP contribution in [0.1, 0.15) is 26.9 Å². The number of carbonyl (C=O) groups is 1. The molecule has 0 saturated carbocycles. The summed E-state index contributed by atoms with van der Waals surface area (Å²) in [5, 5.41) is 1.67.